The van der Waals surface area contributed by atoms with Crippen LogP contribution in [0, 0.1) is 0 Å². The van der Waals surface area contributed by atoms with Gasteiger partial charge in [0.05, 0.1) is 19.8 Å². The van der Waals surface area contributed by atoms with Crippen LogP contribution < -0.4 is 14.2 Å². The Balaban J connectivity index is 1.67. The number of methoxy groups -OCH3 is 2. The fraction of sp³-hybridized carbons (Fsp3) is 0.111. The number of hydrogen-bond acceptors (Lipinski definition) is 5. The van der Waals surface area contributed by atoms with Crippen LogP contribution in [0.3, 0.4) is 0 Å². The number of phenols is 2. The normalized spacial score (nSPS) is 10.6. The van der Waals surface area contributed by atoms with Crippen molar-refractivity contribution in [2.24, 2.45) is 0 Å². The predicted octanol–water partition coefficient (Wildman–Crippen LogP) is 6.03. The van der Waals surface area contributed by atoms with E-state index in [1.165, 1.54) is 7.11 Å². The third kappa shape index (κ3) is 4.32. The van der Waals surface area contributed by atoms with Crippen molar-refractivity contribution in [1.82, 2.24) is 0 Å². The maximum absolute atomic E-state index is 11.1. The fourth-order valence-corrected chi connectivity index (χ4v) is 3.59. The van der Waals surface area contributed by atoms with Crippen LogP contribution in [0.15, 0.2) is 84.9 Å². The summed E-state index contributed by atoms with van der Waals surface area (Å²) in [5, 5.41) is 20.7. The molecule has 0 aliphatic rings. The van der Waals surface area contributed by atoms with Crippen molar-refractivity contribution in [1.29, 1.82) is 0 Å². The van der Waals surface area contributed by atoms with Crippen molar-refractivity contribution in [2.45, 2.75) is 6.61 Å². The van der Waals surface area contributed by atoms with Crippen molar-refractivity contribution in [3.63, 3.8) is 0 Å². The van der Waals surface area contributed by atoms with Crippen LogP contribution in [-0.2, 0) is 6.61 Å². The Morgan fingerprint density at radius 1 is 0.719 bits per heavy atom. The molecule has 162 valence electrons. The Bertz CT molecular complexity index is 1180. The SMILES string of the molecule is COc1cc(-c2ccc(O)cc2)c(OC)c(O)c1-c1ccc(OCc2ccccc2)cc1. The molecule has 2 N–H and O–H groups in total. The second-order valence-electron chi connectivity index (χ2n) is 7.23. The Labute approximate surface area is 187 Å². The minimum Gasteiger partial charge on any atom is -0.508 e. The van der Waals surface area contributed by atoms with Gasteiger partial charge in [-0.2, -0.15) is 0 Å². The average Bonchev–Trinajstić information content (AvgIpc) is 2.84. The van der Waals surface area contributed by atoms with Gasteiger partial charge in [0.1, 0.15) is 23.9 Å². The van der Waals surface area contributed by atoms with E-state index in [-0.39, 0.29) is 11.5 Å². The Hall–Kier alpha value is -4.12. The second-order valence-corrected chi connectivity index (χ2v) is 7.23. The third-order valence-electron chi connectivity index (χ3n) is 5.21. The standard InChI is InChI=1S/C27H24O5/c1-30-24-16-23(19-8-12-21(28)13-9-19)27(31-2)26(29)25(24)20-10-14-22(15-11-20)32-17-18-6-4-3-5-7-18/h3-16,28-29H,17H2,1-2H3. The van der Waals surface area contributed by atoms with E-state index in [4.69, 9.17) is 14.2 Å². The van der Waals surface area contributed by atoms with E-state index in [9.17, 15) is 10.2 Å². The molecular formula is C27H24O5. The maximum atomic E-state index is 11.1. The van der Waals surface area contributed by atoms with Gasteiger partial charge in [0.2, 0.25) is 0 Å². The summed E-state index contributed by atoms with van der Waals surface area (Å²) in [5.41, 5.74) is 3.83. The number of rotatable bonds is 7. The highest BCUT2D eigenvalue weighted by Gasteiger charge is 2.21. The molecule has 0 aliphatic carbocycles. The smallest absolute Gasteiger partial charge is 0.170 e. The van der Waals surface area contributed by atoms with Crippen LogP contribution in [0.5, 0.6) is 28.7 Å². The highest BCUT2D eigenvalue weighted by molar-refractivity contribution is 5.87. The lowest BCUT2D eigenvalue weighted by atomic mass is 9.96. The van der Waals surface area contributed by atoms with E-state index in [0.717, 1.165) is 22.4 Å². The fourth-order valence-electron chi connectivity index (χ4n) is 3.59. The predicted molar refractivity (Wildman–Crippen MR) is 125 cm³/mol. The van der Waals surface area contributed by atoms with Gasteiger partial charge in [-0.3, -0.25) is 0 Å². The Morgan fingerprint density at radius 2 is 1.38 bits per heavy atom. The molecule has 0 atom stereocenters. The van der Waals surface area contributed by atoms with Crippen LogP contribution in [0.25, 0.3) is 22.3 Å². The Morgan fingerprint density at radius 3 is 2.00 bits per heavy atom. The molecule has 0 aliphatic heterocycles. The van der Waals surface area contributed by atoms with Gasteiger partial charge in [-0.15, -0.1) is 0 Å². The molecule has 0 unspecified atom stereocenters. The molecular weight excluding hydrogens is 404 g/mol. The molecule has 0 bridgehead atoms. The highest BCUT2D eigenvalue weighted by atomic mass is 16.5. The molecule has 4 aromatic rings. The summed E-state index contributed by atoms with van der Waals surface area (Å²) >= 11 is 0. The van der Waals surface area contributed by atoms with Crippen LogP contribution in [0.1, 0.15) is 5.56 Å². The molecule has 4 aromatic carbocycles. The van der Waals surface area contributed by atoms with Crippen LogP contribution in [0.4, 0.5) is 0 Å². The first-order chi connectivity index (χ1) is 15.6. The largest absolute Gasteiger partial charge is 0.508 e. The minimum atomic E-state index is -0.0205. The van der Waals surface area contributed by atoms with Crippen molar-refractivity contribution in [2.75, 3.05) is 14.2 Å². The molecule has 0 saturated carbocycles. The summed E-state index contributed by atoms with van der Waals surface area (Å²) in [6.45, 7) is 0.476. The van der Waals surface area contributed by atoms with Gasteiger partial charge in [0.25, 0.3) is 0 Å². The zero-order valence-electron chi connectivity index (χ0n) is 17.9. The first-order valence-electron chi connectivity index (χ1n) is 10.1. The third-order valence-corrected chi connectivity index (χ3v) is 5.21. The van der Waals surface area contributed by atoms with Gasteiger partial charge in [-0.25, -0.2) is 0 Å². The quantitative estimate of drug-likeness (QED) is 0.376. The van der Waals surface area contributed by atoms with Crippen LogP contribution in [0.2, 0.25) is 0 Å². The van der Waals surface area contributed by atoms with Gasteiger partial charge in [0, 0.05) is 5.56 Å². The summed E-state index contributed by atoms with van der Waals surface area (Å²) < 4.78 is 17.0. The van der Waals surface area contributed by atoms with E-state index in [1.54, 1.807) is 31.4 Å². The molecule has 4 rings (SSSR count). The molecule has 0 heterocycles. The molecule has 0 saturated heterocycles. The van der Waals surface area contributed by atoms with Crippen molar-refractivity contribution in [3.05, 3.63) is 90.5 Å². The van der Waals surface area contributed by atoms with E-state index >= 15 is 0 Å². The number of aromatic hydroxyl groups is 2. The molecule has 5 heteroatoms. The molecule has 32 heavy (non-hydrogen) atoms. The van der Waals surface area contributed by atoms with Gasteiger partial charge >= 0.3 is 0 Å². The summed E-state index contributed by atoms with van der Waals surface area (Å²) in [6, 6.07) is 25.9. The van der Waals surface area contributed by atoms with Gasteiger partial charge in [0.15, 0.2) is 11.5 Å². The first kappa shape index (κ1) is 21.1. The van der Waals surface area contributed by atoms with Crippen molar-refractivity contribution >= 4 is 0 Å². The van der Waals surface area contributed by atoms with Gasteiger partial charge < -0.3 is 24.4 Å². The lowest BCUT2D eigenvalue weighted by molar-refractivity contribution is 0.306. The lowest BCUT2D eigenvalue weighted by Crippen LogP contribution is -1.96. The molecule has 0 aromatic heterocycles. The van der Waals surface area contributed by atoms with E-state index in [1.807, 2.05) is 60.7 Å². The summed E-state index contributed by atoms with van der Waals surface area (Å²) in [7, 11) is 3.07. The number of ether oxygens (including phenoxy) is 3. The second kappa shape index (κ2) is 9.35. The number of phenolic OH excluding ortho intramolecular Hbond substituents is 2. The van der Waals surface area contributed by atoms with E-state index in [0.29, 0.717) is 29.2 Å². The van der Waals surface area contributed by atoms with Crippen LogP contribution in [-0.4, -0.2) is 24.4 Å². The summed E-state index contributed by atoms with van der Waals surface area (Å²) in [6.07, 6.45) is 0. The van der Waals surface area contributed by atoms with Gasteiger partial charge in [-0.05, 0) is 47.0 Å². The first-order valence-corrected chi connectivity index (χ1v) is 10.1. The highest BCUT2D eigenvalue weighted by Crippen LogP contribution is 2.49. The molecule has 0 fully saturated rings. The zero-order chi connectivity index (χ0) is 22.5. The molecule has 5 nitrogen and oxygen atoms in total. The average molecular weight is 428 g/mol. The zero-order valence-corrected chi connectivity index (χ0v) is 17.9. The molecule has 0 radical (unpaired) electrons. The molecule has 0 amide bonds. The topological polar surface area (TPSA) is 68.2 Å². The lowest BCUT2D eigenvalue weighted by Gasteiger charge is -2.18. The monoisotopic (exact) mass is 428 g/mol. The van der Waals surface area contributed by atoms with Gasteiger partial charge in [-0.1, -0.05) is 54.6 Å². The summed E-state index contributed by atoms with van der Waals surface area (Å²) in [4.78, 5) is 0. The van der Waals surface area contributed by atoms with Crippen LogP contribution >= 0.6 is 0 Å². The van der Waals surface area contributed by atoms with Crippen molar-refractivity contribution in [3.8, 4) is 51.0 Å². The van der Waals surface area contributed by atoms with E-state index in [2.05, 4.69) is 0 Å². The maximum Gasteiger partial charge on any atom is 0.170 e. The number of benzene rings is 4. The molecule has 0 spiro atoms. The van der Waals surface area contributed by atoms with E-state index < -0.39 is 0 Å². The summed E-state index contributed by atoms with van der Waals surface area (Å²) in [5.74, 6) is 1.70. The number of hydrogen-bond donors (Lipinski definition) is 2. The van der Waals surface area contributed by atoms with Crippen molar-refractivity contribution < 1.29 is 24.4 Å². The Kier molecular flexibility index (Phi) is 6.17. The minimum absolute atomic E-state index is 0.0205.